The summed E-state index contributed by atoms with van der Waals surface area (Å²) in [5.41, 5.74) is 1.08. The van der Waals surface area contributed by atoms with Crippen molar-refractivity contribution in [1.82, 2.24) is 5.32 Å². The maximum absolute atomic E-state index is 5.83. The van der Waals surface area contributed by atoms with Crippen LogP contribution in [0.25, 0.3) is 0 Å². The molecule has 1 heterocycles. The summed E-state index contributed by atoms with van der Waals surface area (Å²) in [6, 6.07) is 8.14. The van der Waals surface area contributed by atoms with E-state index >= 15 is 0 Å². The van der Waals surface area contributed by atoms with Gasteiger partial charge in [0.15, 0.2) is 0 Å². The number of hydrogen-bond acceptors (Lipinski definition) is 3. The van der Waals surface area contributed by atoms with Crippen molar-refractivity contribution >= 4 is 0 Å². The van der Waals surface area contributed by atoms with Gasteiger partial charge in [-0.25, -0.2) is 0 Å². The molecule has 1 aliphatic rings. The van der Waals surface area contributed by atoms with Crippen molar-refractivity contribution in [1.29, 1.82) is 0 Å². The third-order valence-corrected chi connectivity index (χ3v) is 3.39. The quantitative estimate of drug-likeness (QED) is 0.867. The lowest BCUT2D eigenvalue weighted by Crippen LogP contribution is -2.51. The van der Waals surface area contributed by atoms with Gasteiger partial charge in [-0.3, -0.25) is 0 Å². The van der Waals surface area contributed by atoms with Gasteiger partial charge in [-0.1, -0.05) is 17.7 Å². The van der Waals surface area contributed by atoms with E-state index < -0.39 is 0 Å². The highest BCUT2D eigenvalue weighted by Crippen LogP contribution is 2.22. The molecule has 1 fully saturated rings. The van der Waals surface area contributed by atoms with Crippen LogP contribution in [-0.4, -0.2) is 32.4 Å². The predicted octanol–water partition coefficient (Wildman–Crippen LogP) is 2.14. The van der Waals surface area contributed by atoms with Crippen molar-refractivity contribution < 1.29 is 9.47 Å². The number of methoxy groups -OCH3 is 1. The minimum Gasteiger partial charge on any atom is -0.491 e. The van der Waals surface area contributed by atoms with E-state index in [1.165, 1.54) is 5.56 Å². The average Bonchev–Trinajstić information content (AvgIpc) is 2.39. The first-order chi connectivity index (χ1) is 8.24. The average molecular weight is 235 g/mol. The molecule has 0 radical (unpaired) electrons. The van der Waals surface area contributed by atoms with E-state index in [4.69, 9.17) is 9.47 Å². The van der Waals surface area contributed by atoms with E-state index in [-0.39, 0.29) is 5.60 Å². The first kappa shape index (κ1) is 12.4. The highest BCUT2D eigenvalue weighted by molar-refractivity contribution is 5.26. The third-order valence-electron chi connectivity index (χ3n) is 3.39. The predicted molar refractivity (Wildman–Crippen MR) is 68.5 cm³/mol. The van der Waals surface area contributed by atoms with E-state index in [0.717, 1.165) is 31.7 Å². The van der Waals surface area contributed by atoms with Crippen LogP contribution in [0, 0.1) is 6.92 Å². The Bertz CT molecular complexity index is 342. The van der Waals surface area contributed by atoms with Crippen molar-refractivity contribution in [2.24, 2.45) is 0 Å². The molecule has 0 aliphatic carbocycles. The van der Waals surface area contributed by atoms with E-state index in [2.05, 4.69) is 24.4 Å². The van der Waals surface area contributed by atoms with Gasteiger partial charge in [-0.2, -0.15) is 0 Å². The Morgan fingerprint density at radius 2 is 2.06 bits per heavy atom. The second-order valence-electron chi connectivity index (χ2n) is 4.77. The van der Waals surface area contributed by atoms with Gasteiger partial charge in [0.05, 0.1) is 0 Å². The van der Waals surface area contributed by atoms with E-state index in [1.807, 2.05) is 12.1 Å². The van der Waals surface area contributed by atoms with E-state index in [9.17, 15) is 0 Å². The van der Waals surface area contributed by atoms with Gasteiger partial charge in [0.1, 0.15) is 18.0 Å². The standard InChI is InChI=1S/C14H21NO2/c1-12-4-6-13(7-5-12)17-11-14(16-2)8-3-9-15-10-14/h4-7,15H,3,8-11H2,1-2H3. The Morgan fingerprint density at radius 3 is 2.65 bits per heavy atom. The third kappa shape index (κ3) is 3.20. The molecule has 0 bridgehead atoms. The van der Waals surface area contributed by atoms with Crippen molar-refractivity contribution in [2.75, 3.05) is 26.8 Å². The van der Waals surface area contributed by atoms with Gasteiger partial charge in [0, 0.05) is 13.7 Å². The van der Waals surface area contributed by atoms with Crippen LogP contribution in [0.2, 0.25) is 0 Å². The molecule has 0 aromatic heterocycles. The van der Waals surface area contributed by atoms with Crippen LogP contribution in [0.4, 0.5) is 0 Å². The number of benzene rings is 1. The Kier molecular flexibility index (Phi) is 4.02. The summed E-state index contributed by atoms with van der Waals surface area (Å²) in [5, 5.41) is 3.37. The molecule has 3 nitrogen and oxygen atoms in total. The minimum absolute atomic E-state index is 0.164. The van der Waals surface area contributed by atoms with Crippen LogP contribution >= 0.6 is 0 Å². The number of aryl methyl sites for hydroxylation is 1. The topological polar surface area (TPSA) is 30.5 Å². The largest absolute Gasteiger partial charge is 0.491 e. The highest BCUT2D eigenvalue weighted by Gasteiger charge is 2.32. The van der Waals surface area contributed by atoms with Crippen LogP contribution in [0.5, 0.6) is 5.75 Å². The molecule has 1 aliphatic heterocycles. The number of hydrogen-bond donors (Lipinski definition) is 1. The molecular weight excluding hydrogens is 214 g/mol. The van der Waals surface area contributed by atoms with Crippen LogP contribution in [0.15, 0.2) is 24.3 Å². The minimum atomic E-state index is -0.164. The molecule has 94 valence electrons. The Morgan fingerprint density at radius 1 is 1.29 bits per heavy atom. The molecule has 0 amide bonds. The van der Waals surface area contributed by atoms with Crippen LogP contribution < -0.4 is 10.1 Å². The second kappa shape index (κ2) is 5.52. The summed E-state index contributed by atoms with van der Waals surface area (Å²) in [6.45, 7) is 4.63. The molecule has 3 heteroatoms. The Balaban J connectivity index is 1.93. The van der Waals surface area contributed by atoms with E-state index in [1.54, 1.807) is 7.11 Å². The van der Waals surface area contributed by atoms with Gasteiger partial charge in [-0.05, 0) is 38.4 Å². The first-order valence-electron chi connectivity index (χ1n) is 6.19. The van der Waals surface area contributed by atoms with Crippen molar-refractivity contribution in [3.05, 3.63) is 29.8 Å². The summed E-state index contributed by atoms with van der Waals surface area (Å²) in [4.78, 5) is 0. The Labute approximate surface area is 103 Å². The fraction of sp³-hybridized carbons (Fsp3) is 0.571. The summed E-state index contributed by atoms with van der Waals surface area (Å²) in [5.74, 6) is 0.914. The number of rotatable bonds is 4. The molecule has 0 saturated carbocycles. The number of ether oxygens (including phenoxy) is 2. The zero-order valence-corrected chi connectivity index (χ0v) is 10.7. The zero-order valence-electron chi connectivity index (χ0n) is 10.7. The summed E-state index contributed by atoms with van der Waals surface area (Å²) in [6.07, 6.45) is 2.20. The smallest absolute Gasteiger partial charge is 0.119 e. The normalized spacial score (nSPS) is 24.6. The van der Waals surface area contributed by atoms with Gasteiger partial charge in [0.25, 0.3) is 0 Å². The summed E-state index contributed by atoms with van der Waals surface area (Å²) in [7, 11) is 1.77. The monoisotopic (exact) mass is 235 g/mol. The molecule has 1 aromatic carbocycles. The first-order valence-corrected chi connectivity index (χ1v) is 6.19. The summed E-state index contributed by atoms with van der Waals surface area (Å²) < 4.78 is 11.5. The lowest BCUT2D eigenvalue weighted by Gasteiger charge is -2.36. The van der Waals surface area contributed by atoms with Gasteiger partial charge in [0.2, 0.25) is 0 Å². The Hall–Kier alpha value is -1.06. The fourth-order valence-electron chi connectivity index (χ4n) is 2.15. The highest BCUT2D eigenvalue weighted by atomic mass is 16.5. The molecule has 1 atom stereocenters. The molecule has 2 rings (SSSR count). The molecule has 1 saturated heterocycles. The van der Waals surface area contributed by atoms with Crippen LogP contribution in [0.3, 0.4) is 0 Å². The SMILES string of the molecule is COC1(COc2ccc(C)cc2)CCCNC1. The molecule has 1 aromatic rings. The van der Waals surface area contributed by atoms with Gasteiger partial charge >= 0.3 is 0 Å². The van der Waals surface area contributed by atoms with E-state index in [0.29, 0.717) is 6.61 Å². The molecular formula is C14H21NO2. The maximum Gasteiger partial charge on any atom is 0.119 e. The maximum atomic E-state index is 5.83. The van der Waals surface area contributed by atoms with Crippen molar-refractivity contribution in [3.63, 3.8) is 0 Å². The van der Waals surface area contributed by atoms with Gasteiger partial charge < -0.3 is 14.8 Å². The number of nitrogens with one attached hydrogen (secondary N) is 1. The van der Waals surface area contributed by atoms with Crippen molar-refractivity contribution in [2.45, 2.75) is 25.4 Å². The zero-order chi connectivity index (χ0) is 12.1. The molecule has 1 N–H and O–H groups in total. The molecule has 1 unspecified atom stereocenters. The summed E-state index contributed by atoms with van der Waals surface area (Å²) >= 11 is 0. The second-order valence-corrected chi connectivity index (χ2v) is 4.77. The molecule has 17 heavy (non-hydrogen) atoms. The van der Waals surface area contributed by atoms with Crippen LogP contribution in [-0.2, 0) is 4.74 Å². The van der Waals surface area contributed by atoms with Crippen molar-refractivity contribution in [3.8, 4) is 5.75 Å². The number of piperidine rings is 1. The fourth-order valence-corrected chi connectivity index (χ4v) is 2.15. The lowest BCUT2D eigenvalue weighted by molar-refractivity contribution is -0.0588. The van der Waals surface area contributed by atoms with Crippen LogP contribution in [0.1, 0.15) is 18.4 Å². The van der Waals surface area contributed by atoms with Gasteiger partial charge in [-0.15, -0.1) is 0 Å². The lowest BCUT2D eigenvalue weighted by atomic mass is 9.95. The molecule has 0 spiro atoms.